The van der Waals surface area contributed by atoms with Crippen LogP contribution in [0.15, 0.2) is 0 Å². The van der Waals surface area contributed by atoms with Gasteiger partial charge in [0.15, 0.2) is 0 Å². The van der Waals surface area contributed by atoms with Gasteiger partial charge in [0.25, 0.3) is 0 Å². The average molecular weight is 243 g/mol. The summed E-state index contributed by atoms with van der Waals surface area (Å²) >= 11 is 0. The Hall–Kier alpha value is -0.120. The first-order chi connectivity index (χ1) is 7.88. The minimum atomic E-state index is 0.153. The van der Waals surface area contributed by atoms with Gasteiger partial charge in [-0.15, -0.1) is 0 Å². The van der Waals surface area contributed by atoms with Crippen molar-refractivity contribution in [1.82, 2.24) is 5.32 Å². The van der Waals surface area contributed by atoms with Gasteiger partial charge < -0.3 is 14.8 Å². The molecule has 2 atom stereocenters. The van der Waals surface area contributed by atoms with Crippen LogP contribution >= 0.6 is 0 Å². The number of hydrogen-bond acceptors (Lipinski definition) is 3. The molecule has 17 heavy (non-hydrogen) atoms. The van der Waals surface area contributed by atoms with Crippen molar-refractivity contribution in [2.45, 2.75) is 65.2 Å². The van der Waals surface area contributed by atoms with Gasteiger partial charge in [0, 0.05) is 18.7 Å². The van der Waals surface area contributed by atoms with E-state index in [9.17, 15) is 0 Å². The van der Waals surface area contributed by atoms with E-state index in [1.54, 1.807) is 0 Å². The SMILES string of the molecule is CC(C)C(CNC(C)(C)C)OCC1CCCO1. The third-order valence-electron chi connectivity index (χ3n) is 3.10. The Balaban J connectivity index is 2.27. The van der Waals surface area contributed by atoms with Crippen LogP contribution in [0.5, 0.6) is 0 Å². The van der Waals surface area contributed by atoms with Crippen LogP contribution in [0.25, 0.3) is 0 Å². The summed E-state index contributed by atoms with van der Waals surface area (Å²) in [6.45, 7) is 13.5. The van der Waals surface area contributed by atoms with Crippen LogP contribution in [0.4, 0.5) is 0 Å². The maximum Gasteiger partial charge on any atom is 0.0809 e. The van der Waals surface area contributed by atoms with Gasteiger partial charge in [-0.25, -0.2) is 0 Å². The second-order valence-corrected chi connectivity index (χ2v) is 6.38. The number of nitrogens with one attached hydrogen (secondary N) is 1. The Morgan fingerprint density at radius 2 is 2.06 bits per heavy atom. The van der Waals surface area contributed by atoms with Crippen molar-refractivity contribution in [3.05, 3.63) is 0 Å². The van der Waals surface area contributed by atoms with E-state index >= 15 is 0 Å². The molecule has 0 radical (unpaired) electrons. The molecule has 1 aliphatic heterocycles. The van der Waals surface area contributed by atoms with E-state index in [4.69, 9.17) is 9.47 Å². The fourth-order valence-electron chi connectivity index (χ4n) is 1.90. The van der Waals surface area contributed by atoms with Crippen molar-refractivity contribution in [1.29, 1.82) is 0 Å². The zero-order valence-corrected chi connectivity index (χ0v) is 12.1. The maximum absolute atomic E-state index is 6.00. The standard InChI is InChI=1S/C14H29NO2/c1-11(2)13(9-15-14(3,4)5)17-10-12-7-6-8-16-12/h11-13,15H,6-10H2,1-5H3. The summed E-state index contributed by atoms with van der Waals surface area (Å²) in [5, 5.41) is 3.51. The van der Waals surface area contributed by atoms with Crippen molar-refractivity contribution < 1.29 is 9.47 Å². The predicted molar refractivity (Wildman–Crippen MR) is 71.3 cm³/mol. The zero-order valence-electron chi connectivity index (χ0n) is 12.1. The van der Waals surface area contributed by atoms with E-state index < -0.39 is 0 Å². The highest BCUT2D eigenvalue weighted by Gasteiger charge is 2.21. The Labute approximate surface area is 106 Å². The number of rotatable bonds is 6. The second kappa shape index (κ2) is 6.72. The highest BCUT2D eigenvalue weighted by Crippen LogP contribution is 2.15. The van der Waals surface area contributed by atoms with Gasteiger partial charge in [-0.2, -0.15) is 0 Å². The molecule has 1 saturated heterocycles. The summed E-state index contributed by atoms with van der Waals surface area (Å²) in [5.74, 6) is 0.534. The van der Waals surface area contributed by atoms with Gasteiger partial charge in [0.2, 0.25) is 0 Å². The van der Waals surface area contributed by atoms with E-state index in [1.807, 2.05) is 0 Å². The van der Waals surface area contributed by atoms with E-state index in [1.165, 1.54) is 6.42 Å². The Kier molecular flexibility index (Phi) is 5.90. The molecule has 1 rings (SSSR count). The Morgan fingerprint density at radius 1 is 1.35 bits per heavy atom. The number of ether oxygens (including phenoxy) is 2. The van der Waals surface area contributed by atoms with E-state index in [0.717, 1.165) is 26.2 Å². The predicted octanol–water partition coefficient (Wildman–Crippen LogP) is 2.59. The molecule has 1 heterocycles. The second-order valence-electron chi connectivity index (χ2n) is 6.38. The zero-order chi connectivity index (χ0) is 12.9. The molecule has 0 saturated carbocycles. The van der Waals surface area contributed by atoms with E-state index in [2.05, 4.69) is 39.9 Å². The van der Waals surface area contributed by atoms with Crippen LogP contribution in [-0.2, 0) is 9.47 Å². The van der Waals surface area contributed by atoms with Gasteiger partial charge in [-0.1, -0.05) is 13.8 Å². The van der Waals surface area contributed by atoms with E-state index in [-0.39, 0.29) is 11.6 Å². The summed E-state index contributed by atoms with van der Waals surface area (Å²) in [5.41, 5.74) is 0.153. The molecule has 0 aliphatic carbocycles. The summed E-state index contributed by atoms with van der Waals surface area (Å²) in [6.07, 6.45) is 2.93. The molecular formula is C14H29NO2. The smallest absolute Gasteiger partial charge is 0.0809 e. The highest BCUT2D eigenvalue weighted by atomic mass is 16.5. The average Bonchev–Trinajstić information content (AvgIpc) is 2.68. The fourth-order valence-corrected chi connectivity index (χ4v) is 1.90. The highest BCUT2D eigenvalue weighted by molar-refractivity contribution is 4.76. The molecule has 3 heteroatoms. The van der Waals surface area contributed by atoms with Crippen LogP contribution in [-0.4, -0.2) is 37.5 Å². The van der Waals surface area contributed by atoms with Crippen LogP contribution in [0.2, 0.25) is 0 Å². The van der Waals surface area contributed by atoms with Crippen LogP contribution in [0, 0.1) is 5.92 Å². The van der Waals surface area contributed by atoms with Crippen molar-refractivity contribution >= 4 is 0 Å². The molecule has 2 unspecified atom stereocenters. The minimum absolute atomic E-state index is 0.153. The van der Waals surface area contributed by atoms with Gasteiger partial charge in [0.1, 0.15) is 0 Å². The van der Waals surface area contributed by atoms with Crippen LogP contribution in [0.1, 0.15) is 47.5 Å². The maximum atomic E-state index is 6.00. The van der Waals surface area contributed by atoms with Crippen LogP contribution in [0.3, 0.4) is 0 Å². The van der Waals surface area contributed by atoms with Gasteiger partial charge in [-0.3, -0.25) is 0 Å². The van der Waals surface area contributed by atoms with Crippen molar-refractivity contribution in [2.75, 3.05) is 19.8 Å². The molecule has 0 aromatic heterocycles. The first kappa shape index (κ1) is 14.9. The third kappa shape index (κ3) is 6.39. The molecule has 0 aromatic carbocycles. The lowest BCUT2D eigenvalue weighted by molar-refractivity contribution is -0.0376. The quantitative estimate of drug-likeness (QED) is 0.778. The van der Waals surface area contributed by atoms with Crippen molar-refractivity contribution in [2.24, 2.45) is 5.92 Å². The number of hydrogen-bond donors (Lipinski definition) is 1. The summed E-state index contributed by atoms with van der Waals surface area (Å²) in [6, 6.07) is 0. The largest absolute Gasteiger partial charge is 0.376 e. The molecule has 1 aliphatic rings. The summed E-state index contributed by atoms with van der Waals surface area (Å²) in [7, 11) is 0. The molecule has 0 spiro atoms. The molecule has 102 valence electrons. The third-order valence-corrected chi connectivity index (χ3v) is 3.10. The van der Waals surface area contributed by atoms with Gasteiger partial charge >= 0.3 is 0 Å². The fraction of sp³-hybridized carbons (Fsp3) is 1.00. The molecule has 0 amide bonds. The first-order valence-corrected chi connectivity index (χ1v) is 6.87. The van der Waals surface area contributed by atoms with Gasteiger partial charge in [-0.05, 0) is 39.5 Å². The van der Waals surface area contributed by atoms with Crippen molar-refractivity contribution in [3.8, 4) is 0 Å². The topological polar surface area (TPSA) is 30.5 Å². The monoisotopic (exact) mass is 243 g/mol. The Bertz CT molecular complexity index is 205. The van der Waals surface area contributed by atoms with E-state index in [0.29, 0.717) is 12.0 Å². The van der Waals surface area contributed by atoms with Gasteiger partial charge in [0.05, 0.1) is 18.8 Å². The molecule has 0 aromatic rings. The minimum Gasteiger partial charge on any atom is -0.376 e. The molecule has 1 N–H and O–H groups in total. The first-order valence-electron chi connectivity index (χ1n) is 6.87. The normalized spacial score (nSPS) is 23.3. The molecule has 1 fully saturated rings. The lowest BCUT2D eigenvalue weighted by atomic mass is 10.0. The lowest BCUT2D eigenvalue weighted by Gasteiger charge is -2.28. The lowest BCUT2D eigenvalue weighted by Crippen LogP contribution is -2.43. The molecule has 0 bridgehead atoms. The Morgan fingerprint density at radius 3 is 2.53 bits per heavy atom. The molecular weight excluding hydrogens is 214 g/mol. The molecule has 3 nitrogen and oxygen atoms in total. The van der Waals surface area contributed by atoms with Crippen molar-refractivity contribution in [3.63, 3.8) is 0 Å². The van der Waals surface area contributed by atoms with Crippen LogP contribution < -0.4 is 5.32 Å². The summed E-state index contributed by atoms with van der Waals surface area (Å²) in [4.78, 5) is 0. The summed E-state index contributed by atoms with van der Waals surface area (Å²) < 4.78 is 11.6.